The predicted molar refractivity (Wildman–Crippen MR) is 37.0 cm³/mol. The summed E-state index contributed by atoms with van der Waals surface area (Å²) in [5.74, 6) is -0.236. The minimum Gasteiger partial charge on any atom is -0.319 e. The average Bonchev–Trinajstić information content (AvgIpc) is 2.05. The fourth-order valence-corrected chi connectivity index (χ4v) is 0.642. The van der Waals surface area contributed by atoms with Gasteiger partial charge < -0.3 is 4.89 Å². The molecule has 0 amide bonds. The smallest absolute Gasteiger partial charge is 0.255 e. The Morgan fingerprint density at radius 1 is 1.30 bits per heavy atom. The summed E-state index contributed by atoms with van der Waals surface area (Å²) in [4.78, 5) is 3.72. The van der Waals surface area contributed by atoms with Crippen molar-refractivity contribution in [3.63, 3.8) is 0 Å². The Hall–Kier alpha value is -1.35. The number of rotatable bonds is 1. The van der Waals surface area contributed by atoms with Crippen molar-refractivity contribution in [2.24, 2.45) is 0 Å². The van der Waals surface area contributed by atoms with Crippen molar-refractivity contribution in [2.75, 3.05) is 0 Å². The van der Waals surface area contributed by atoms with Gasteiger partial charge in [0.25, 0.3) is 5.90 Å². The molecule has 0 heterocycles. The van der Waals surface area contributed by atoms with Crippen LogP contribution in [-0.4, -0.2) is 11.2 Å². The molecule has 0 atom stereocenters. The highest BCUT2D eigenvalue weighted by Gasteiger charge is 1.97. The second kappa shape index (κ2) is 2.98. The zero-order chi connectivity index (χ0) is 7.40. The van der Waals surface area contributed by atoms with Crippen LogP contribution in [0.5, 0.6) is 0 Å². The minimum atomic E-state index is -0.236. The third-order valence-electron chi connectivity index (χ3n) is 1.13. The standard InChI is InChI=1S/C7H7NO2/c8-7(10-9)6-4-2-1-3-5-6/h1-5,8-9H. The quantitative estimate of drug-likeness (QED) is 0.267. The van der Waals surface area contributed by atoms with Crippen LogP contribution in [0.1, 0.15) is 5.56 Å². The topological polar surface area (TPSA) is 53.3 Å². The molecule has 1 aromatic carbocycles. The van der Waals surface area contributed by atoms with Gasteiger partial charge in [-0.05, 0) is 12.1 Å². The maximum absolute atomic E-state index is 8.06. The molecule has 1 aromatic rings. The molecule has 0 spiro atoms. The van der Waals surface area contributed by atoms with E-state index in [0.29, 0.717) is 5.56 Å². The van der Waals surface area contributed by atoms with Crippen molar-refractivity contribution >= 4 is 5.90 Å². The highest BCUT2D eigenvalue weighted by molar-refractivity contribution is 5.90. The largest absolute Gasteiger partial charge is 0.319 e. The number of benzene rings is 1. The molecule has 0 bridgehead atoms. The van der Waals surface area contributed by atoms with E-state index in [1.54, 1.807) is 24.3 Å². The Balaban J connectivity index is 2.85. The molecule has 52 valence electrons. The summed E-state index contributed by atoms with van der Waals surface area (Å²) in [6, 6.07) is 8.72. The minimum absolute atomic E-state index is 0.236. The van der Waals surface area contributed by atoms with Crippen LogP contribution in [0, 0.1) is 5.41 Å². The van der Waals surface area contributed by atoms with Crippen LogP contribution in [0.15, 0.2) is 30.3 Å². The number of hydrogen-bond acceptors (Lipinski definition) is 3. The molecule has 1 rings (SSSR count). The van der Waals surface area contributed by atoms with Crippen molar-refractivity contribution in [2.45, 2.75) is 0 Å². The van der Waals surface area contributed by atoms with E-state index in [0.717, 1.165) is 0 Å². The molecule has 0 aromatic heterocycles. The lowest BCUT2D eigenvalue weighted by atomic mass is 10.2. The van der Waals surface area contributed by atoms with Gasteiger partial charge in [-0.3, -0.25) is 5.41 Å². The van der Waals surface area contributed by atoms with Gasteiger partial charge in [0.2, 0.25) is 0 Å². The van der Waals surface area contributed by atoms with Gasteiger partial charge in [0.05, 0.1) is 0 Å². The van der Waals surface area contributed by atoms with Crippen LogP contribution >= 0.6 is 0 Å². The summed E-state index contributed by atoms with van der Waals surface area (Å²) in [6.07, 6.45) is 0. The van der Waals surface area contributed by atoms with Gasteiger partial charge in [-0.15, -0.1) is 0 Å². The molecule has 2 N–H and O–H groups in total. The molecule has 0 fully saturated rings. The van der Waals surface area contributed by atoms with Gasteiger partial charge in [-0.2, -0.15) is 0 Å². The molecule has 3 heteroatoms. The van der Waals surface area contributed by atoms with Crippen molar-refractivity contribution in [3.8, 4) is 0 Å². The first-order valence-corrected chi connectivity index (χ1v) is 2.80. The lowest BCUT2D eigenvalue weighted by Gasteiger charge is -1.96. The summed E-state index contributed by atoms with van der Waals surface area (Å²) < 4.78 is 0. The molecule has 0 saturated carbocycles. The van der Waals surface area contributed by atoms with Crippen molar-refractivity contribution < 1.29 is 10.1 Å². The Morgan fingerprint density at radius 2 is 1.90 bits per heavy atom. The van der Waals surface area contributed by atoms with E-state index in [-0.39, 0.29) is 5.90 Å². The molecular formula is C7H7NO2. The van der Waals surface area contributed by atoms with Crippen molar-refractivity contribution in [1.29, 1.82) is 5.41 Å². The highest BCUT2D eigenvalue weighted by Crippen LogP contribution is 1.98. The summed E-state index contributed by atoms with van der Waals surface area (Å²) in [5.41, 5.74) is 0.560. The molecule has 10 heavy (non-hydrogen) atoms. The molecule has 0 aliphatic rings. The van der Waals surface area contributed by atoms with E-state index < -0.39 is 0 Å². The third-order valence-corrected chi connectivity index (χ3v) is 1.13. The first-order valence-electron chi connectivity index (χ1n) is 2.80. The second-order valence-electron chi connectivity index (χ2n) is 1.79. The molecule has 0 unspecified atom stereocenters. The van der Waals surface area contributed by atoms with E-state index in [4.69, 9.17) is 10.7 Å². The van der Waals surface area contributed by atoms with E-state index >= 15 is 0 Å². The maximum Gasteiger partial charge on any atom is 0.255 e. The second-order valence-corrected chi connectivity index (χ2v) is 1.79. The molecule has 0 saturated heterocycles. The fraction of sp³-hybridized carbons (Fsp3) is 0. The Labute approximate surface area is 58.3 Å². The van der Waals surface area contributed by atoms with Gasteiger partial charge in [-0.1, -0.05) is 18.2 Å². The molecule has 0 radical (unpaired) electrons. The SMILES string of the molecule is N=C(OO)c1ccccc1. The van der Waals surface area contributed by atoms with Gasteiger partial charge in [0.15, 0.2) is 0 Å². The Kier molecular flexibility index (Phi) is 2.02. The lowest BCUT2D eigenvalue weighted by molar-refractivity contribution is -0.154. The molecule has 0 aliphatic carbocycles. The summed E-state index contributed by atoms with van der Waals surface area (Å²) in [7, 11) is 0. The first kappa shape index (κ1) is 6.77. The van der Waals surface area contributed by atoms with Crippen molar-refractivity contribution in [1.82, 2.24) is 0 Å². The third kappa shape index (κ3) is 1.33. The van der Waals surface area contributed by atoms with Gasteiger partial charge in [0.1, 0.15) is 0 Å². The summed E-state index contributed by atoms with van der Waals surface area (Å²) in [6.45, 7) is 0. The van der Waals surface area contributed by atoms with Crippen LogP contribution < -0.4 is 0 Å². The lowest BCUT2D eigenvalue weighted by Crippen LogP contribution is -2.00. The fourth-order valence-electron chi connectivity index (χ4n) is 0.642. The highest BCUT2D eigenvalue weighted by atomic mass is 17.1. The Bertz CT molecular complexity index is 220. The Morgan fingerprint density at radius 3 is 2.40 bits per heavy atom. The predicted octanol–water partition coefficient (Wildman–Crippen LogP) is 1.50. The van der Waals surface area contributed by atoms with E-state index in [1.165, 1.54) is 0 Å². The molecule has 3 nitrogen and oxygen atoms in total. The molecular weight excluding hydrogens is 130 g/mol. The van der Waals surface area contributed by atoms with Crippen LogP contribution in [0.25, 0.3) is 0 Å². The number of nitrogens with one attached hydrogen (secondary N) is 1. The van der Waals surface area contributed by atoms with Crippen LogP contribution in [-0.2, 0) is 4.89 Å². The average molecular weight is 137 g/mol. The zero-order valence-corrected chi connectivity index (χ0v) is 5.24. The van der Waals surface area contributed by atoms with Crippen molar-refractivity contribution in [3.05, 3.63) is 35.9 Å². The zero-order valence-electron chi connectivity index (χ0n) is 5.24. The normalized spacial score (nSPS) is 8.90. The number of hydrogen-bond donors (Lipinski definition) is 2. The van der Waals surface area contributed by atoms with Gasteiger partial charge >= 0.3 is 0 Å². The monoisotopic (exact) mass is 137 g/mol. The van der Waals surface area contributed by atoms with Crippen LogP contribution in [0.4, 0.5) is 0 Å². The summed E-state index contributed by atoms with van der Waals surface area (Å²) in [5, 5.41) is 15.1. The van der Waals surface area contributed by atoms with E-state index in [9.17, 15) is 0 Å². The summed E-state index contributed by atoms with van der Waals surface area (Å²) >= 11 is 0. The van der Waals surface area contributed by atoms with Gasteiger partial charge in [-0.25, -0.2) is 5.26 Å². The maximum atomic E-state index is 8.06. The van der Waals surface area contributed by atoms with Crippen LogP contribution in [0.3, 0.4) is 0 Å². The van der Waals surface area contributed by atoms with Crippen LogP contribution in [0.2, 0.25) is 0 Å². The van der Waals surface area contributed by atoms with E-state index in [2.05, 4.69) is 4.89 Å². The van der Waals surface area contributed by atoms with Gasteiger partial charge in [0, 0.05) is 5.56 Å². The van der Waals surface area contributed by atoms with E-state index in [1.807, 2.05) is 6.07 Å². The molecule has 0 aliphatic heterocycles. The first-order chi connectivity index (χ1) is 4.84.